The Labute approximate surface area is 99.9 Å². The minimum absolute atomic E-state index is 0.00190. The van der Waals surface area contributed by atoms with Crippen LogP contribution < -0.4 is 10.5 Å². The maximum absolute atomic E-state index is 10.7. The van der Waals surface area contributed by atoms with Crippen LogP contribution in [0.5, 0.6) is 5.88 Å². The molecule has 0 fully saturated rings. The van der Waals surface area contributed by atoms with Gasteiger partial charge in [0.05, 0.1) is 11.5 Å². The number of ether oxygens (including phenoxy) is 1. The van der Waals surface area contributed by atoms with E-state index in [1.807, 2.05) is 6.92 Å². The molecule has 94 valence electrons. The first-order valence-electron chi connectivity index (χ1n) is 5.58. The smallest absolute Gasteiger partial charge is 0.331 e. The Kier molecular flexibility index (Phi) is 4.68. The summed E-state index contributed by atoms with van der Waals surface area (Å²) < 4.78 is 5.36. The molecule has 1 aromatic heterocycles. The molecule has 0 spiro atoms. The molecule has 0 bridgehead atoms. The zero-order valence-electron chi connectivity index (χ0n) is 10.0. The Morgan fingerprint density at radius 3 is 2.88 bits per heavy atom. The molecular weight excluding hydrogens is 222 g/mol. The van der Waals surface area contributed by atoms with E-state index in [2.05, 4.69) is 11.9 Å². The first kappa shape index (κ1) is 13.2. The zero-order valence-corrected chi connectivity index (χ0v) is 10.0. The lowest BCUT2D eigenvalue weighted by Crippen LogP contribution is -2.10. The molecule has 1 rings (SSSR count). The molecule has 0 aromatic carbocycles. The average molecular weight is 239 g/mol. The van der Waals surface area contributed by atoms with Gasteiger partial charge in [-0.25, -0.2) is 0 Å². The van der Waals surface area contributed by atoms with Crippen molar-refractivity contribution in [3.8, 4) is 5.88 Å². The third kappa shape index (κ3) is 3.90. The van der Waals surface area contributed by atoms with Crippen molar-refractivity contribution in [1.82, 2.24) is 4.98 Å². The Balaban J connectivity index is 2.75. The van der Waals surface area contributed by atoms with Gasteiger partial charge in [-0.1, -0.05) is 20.3 Å². The number of hydrogen-bond donors (Lipinski definition) is 1. The highest BCUT2D eigenvalue weighted by Gasteiger charge is 2.17. The second-order valence-electron chi connectivity index (χ2n) is 4.02. The molecule has 6 heteroatoms. The standard InChI is InChI=1S/C11H17N3O3/c1-3-4-8(2)7-17-11-9(14(15)16)5-6-10(12)13-11/h5-6,8H,3-4,7H2,1-2H3,(H2,12,13). The number of nitrogens with zero attached hydrogens (tertiary/aromatic N) is 2. The van der Waals surface area contributed by atoms with Gasteiger partial charge in [0.25, 0.3) is 5.88 Å². The summed E-state index contributed by atoms with van der Waals surface area (Å²) >= 11 is 0. The maximum Gasteiger partial charge on any atom is 0.331 e. The molecule has 1 unspecified atom stereocenters. The van der Waals surface area contributed by atoms with Crippen molar-refractivity contribution in [2.45, 2.75) is 26.7 Å². The van der Waals surface area contributed by atoms with Crippen LogP contribution in [0, 0.1) is 16.0 Å². The van der Waals surface area contributed by atoms with Crippen LogP contribution >= 0.6 is 0 Å². The number of anilines is 1. The van der Waals surface area contributed by atoms with Crippen molar-refractivity contribution in [3.05, 3.63) is 22.2 Å². The number of nitrogens with two attached hydrogens (primary N) is 1. The molecule has 0 aliphatic rings. The molecule has 0 amide bonds. The minimum atomic E-state index is -0.522. The van der Waals surface area contributed by atoms with Crippen molar-refractivity contribution in [2.24, 2.45) is 5.92 Å². The summed E-state index contributed by atoms with van der Waals surface area (Å²) in [4.78, 5) is 14.1. The Morgan fingerprint density at radius 2 is 2.29 bits per heavy atom. The second kappa shape index (κ2) is 6.03. The van der Waals surface area contributed by atoms with Gasteiger partial charge in [0, 0.05) is 6.07 Å². The summed E-state index contributed by atoms with van der Waals surface area (Å²) in [6.45, 7) is 4.52. The van der Waals surface area contributed by atoms with E-state index < -0.39 is 4.92 Å². The molecule has 2 N–H and O–H groups in total. The largest absolute Gasteiger partial charge is 0.472 e. The van der Waals surface area contributed by atoms with Crippen LogP contribution in [0.3, 0.4) is 0 Å². The number of nitro groups is 1. The van der Waals surface area contributed by atoms with Crippen molar-refractivity contribution < 1.29 is 9.66 Å². The first-order valence-corrected chi connectivity index (χ1v) is 5.58. The first-order chi connectivity index (χ1) is 8.04. The lowest BCUT2D eigenvalue weighted by atomic mass is 10.1. The lowest BCUT2D eigenvalue weighted by Gasteiger charge is -2.11. The number of hydrogen-bond acceptors (Lipinski definition) is 5. The van der Waals surface area contributed by atoms with Gasteiger partial charge in [0.1, 0.15) is 5.82 Å². The van der Waals surface area contributed by atoms with Crippen LogP contribution in [0.4, 0.5) is 11.5 Å². The summed E-state index contributed by atoms with van der Waals surface area (Å²) in [5.74, 6) is 0.550. The third-order valence-electron chi connectivity index (χ3n) is 2.34. The quantitative estimate of drug-likeness (QED) is 0.607. The highest BCUT2D eigenvalue weighted by Crippen LogP contribution is 2.25. The Morgan fingerprint density at radius 1 is 1.59 bits per heavy atom. The van der Waals surface area contributed by atoms with Gasteiger partial charge in [0.2, 0.25) is 0 Å². The molecule has 1 atom stereocenters. The topological polar surface area (TPSA) is 91.3 Å². The van der Waals surface area contributed by atoms with Crippen molar-refractivity contribution in [2.75, 3.05) is 12.3 Å². The van der Waals surface area contributed by atoms with Gasteiger partial charge in [0.15, 0.2) is 0 Å². The second-order valence-corrected chi connectivity index (χ2v) is 4.02. The summed E-state index contributed by atoms with van der Waals surface area (Å²) in [6, 6.07) is 2.70. The van der Waals surface area contributed by atoms with Crippen LogP contribution in [0.2, 0.25) is 0 Å². The van der Waals surface area contributed by atoms with Gasteiger partial charge in [-0.2, -0.15) is 4.98 Å². The highest BCUT2D eigenvalue weighted by atomic mass is 16.6. The predicted octanol–water partition coefficient (Wildman–Crippen LogP) is 2.39. The molecule has 6 nitrogen and oxygen atoms in total. The summed E-state index contributed by atoms with van der Waals surface area (Å²) in [5.41, 5.74) is 5.33. The fourth-order valence-electron chi connectivity index (χ4n) is 1.49. The molecular formula is C11H17N3O3. The Hall–Kier alpha value is -1.85. The van der Waals surface area contributed by atoms with E-state index in [1.54, 1.807) is 0 Å². The van der Waals surface area contributed by atoms with Gasteiger partial charge in [-0.05, 0) is 18.4 Å². The summed E-state index contributed by atoms with van der Waals surface area (Å²) in [5, 5.41) is 10.7. The molecule has 1 heterocycles. The van der Waals surface area contributed by atoms with E-state index in [9.17, 15) is 10.1 Å². The monoisotopic (exact) mass is 239 g/mol. The number of nitrogen functional groups attached to an aromatic ring is 1. The van der Waals surface area contributed by atoms with Gasteiger partial charge in [-0.15, -0.1) is 0 Å². The lowest BCUT2D eigenvalue weighted by molar-refractivity contribution is -0.386. The normalized spacial score (nSPS) is 12.1. The van der Waals surface area contributed by atoms with E-state index in [4.69, 9.17) is 10.5 Å². The maximum atomic E-state index is 10.7. The number of pyridine rings is 1. The fraction of sp³-hybridized carbons (Fsp3) is 0.545. The van der Waals surface area contributed by atoms with E-state index in [0.29, 0.717) is 12.5 Å². The summed E-state index contributed by atoms with van der Waals surface area (Å²) in [7, 11) is 0. The van der Waals surface area contributed by atoms with Crippen LogP contribution in [0.1, 0.15) is 26.7 Å². The van der Waals surface area contributed by atoms with E-state index in [0.717, 1.165) is 12.8 Å². The molecule has 0 saturated heterocycles. The van der Waals surface area contributed by atoms with Crippen molar-refractivity contribution >= 4 is 11.5 Å². The van der Waals surface area contributed by atoms with E-state index in [1.165, 1.54) is 12.1 Å². The Bertz CT molecular complexity index is 396. The highest BCUT2D eigenvalue weighted by molar-refractivity contribution is 5.46. The van der Waals surface area contributed by atoms with E-state index >= 15 is 0 Å². The number of aromatic nitrogens is 1. The third-order valence-corrected chi connectivity index (χ3v) is 2.34. The zero-order chi connectivity index (χ0) is 12.8. The number of rotatable bonds is 6. The van der Waals surface area contributed by atoms with Crippen molar-refractivity contribution in [3.63, 3.8) is 0 Å². The van der Waals surface area contributed by atoms with Crippen LogP contribution in [-0.2, 0) is 0 Å². The SMILES string of the molecule is CCCC(C)COc1nc(N)ccc1[N+](=O)[O-]. The minimum Gasteiger partial charge on any atom is -0.472 e. The molecule has 0 aliphatic carbocycles. The van der Waals surface area contributed by atoms with Crippen molar-refractivity contribution in [1.29, 1.82) is 0 Å². The average Bonchev–Trinajstić information content (AvgIpc) is 2.26. The molecule has 0 radical (unpaired) electrons. The molecule has 0 saturated carbocycles. The predicted molar refractivity (Wildman–Crippen MR) is 64.9 cm³/mol. The molecule has 17 heavy (non-hydrogen) atoms. The molecule has 1 aromatic rings. The van der Waals surface area contributed by atoms with Gasteiger partial charge in [-0.3, -0.25) is 10.1 Å². The van der Waals surface area contributed by atoms with Crippen LogP contribution in [-0.4, -0.2) is 16.5 Å². The molecule has 0 aliphatic heterocycles. The van der Waals surface area contributed by atoms with Crippen LogP contribution in [0.25, 0.3) is 0 Å². The van der Waals surface area contributed by atoms with Crippen LogP contribution in [0.15, 0.2) is 12.1 Å². The summed E-state index contributed by atoms with van der Waals surface area (Å²) in [6.07, 6.45) is 2.06. The van der Waals surface area contributed by atoms with Gasteiger partial charge < -0.3 is 10.5 Å². The fourth-order valence-corrected chi connectivity index (χ4v) is 1.49. The van der Waals surface area contributed by atoms with Gasteiger partial charge >= 0.3 is 5.69 Å². The van der Waals surface area contributed by atoms with E-state index in [-0.39, 0.29) is 17.4 Å².